The molecule has 0 saturated carbocycles. The summed E-state index contributed by atoms with van der Waals surface area (Å²) >= 11 is 5.36. The predicted octanol–water partition coefficient (Wildman–Crippen LogP) is 3.29. The van der Waals surface area contributed by atoms with Crippen molar-refractivity contribution in [1.82, 2.24) is 0 Å². The molecule has 5 heteroatoms. The van der Waals surface area contributed by atoms with Crippen LogP contribution in [-0.4, -0.2) is 4.92 Å². The number of benzene rings is 1. The first kappa shape index (κ1) is 9.91. The zero-order chi connectivity index (χ0) is 9.14. The van der Waals surface area contributed by atoms with Gasteiger partial charge in [0.1, 0.15) is 0 Å². The lowest BCUT2D eigenvalue weighted by molar-refractivity contribution is -0.385. The van der Waals surface area contributed by atoms with Crippen LogP contribution in [0, 0.1) is 10.1 Å². The van der Waals surface area contributed by atoms with E-state index in [0.29, 0.717) is 4.47 Å². The smallest absolute Gasteiger partial charge is 0.258 e. The topological polar surface area (TPSA) is 43.1 Å². The summed E-state index contributed by atoms with van der Waals surface area (Å²) < 4.78 is 1.35. The third-order valence-corrected chi connectivity index (χ3v) is 3.14. The molecule has 0 bridgehead atoms. The molecule has 0 aliphatic carbocycles. The average molecular weight is 342 g/mol. The average Bonchev–Trinajstić information content (AvgIpc) is 2.04. The van der Waals surface area contributed by atoms with Crippen LogP contribution < -0.4 is 0 Å². The highest BCUT2D eigenvalue weighted by molar-refractivity contribution is 14.1. The Balaban J connectivity index is 3.23. The van der Waals surface area contributed by atoms with Crippen molar-refractivity contribution < 1.29 is 4.92 Å². The number of rotatable bonds is 2. The Bertz CT molecular complexity index is 316. The van der Waals surface area contributed by atoms with Crippen LogP contribution in [-0.2, 0) is 4.43 Å². The van der Waals surface area contributed by atoms with Crippen LogP contribution in [0.3, 0.4) is 0 Å². The minimum Gasteiger partial charge on any atom is -0.258 e. The van der Waals surface area contributed by atoms with E-state index in [2.05, 4.69) is 38.5 Å². The summed E-state index contributed by atoms with van der Waals surface area (Å²) in [6, 6.07) is 5.04. The van der Waals surface area contributed by atoms with Gasteiger partial charge in [0.15, 0.2) is 0 Å². The highest BCUT2D eigenvalue weighted by Gasteiger charge is 2.13. The molecular weight excluding hydrogens is 337 g/mol. The summed E-state index contributed by atoms with van der Waals surface area (Å²) in [5.41, 5.74) is 1.08. The number of hydrogen-bond donors (Lipinski definition) is 0. The molecule has 0 heterocycles. The molecule has 0 aliphatic rings. The third-order valence-electron chi connectivity index (χ3n) is 1.40. The standard InChI is InChI=1S/C7H5BrINO2/c8-7-5(4-9)2-1-3-6(7)10(11)12/h1-3H,4H2. The molecule has 1 aromatic carbocycles. The fourth-order valence-electron chi connectivity index (χ4n) is 0.810. The lowest BCUT2D eigenvalue weighted by Crippen LogP contribution is -1.91. The molecule has 0 aromatic heterocycles. The van der Waals surface area contributed by atoms with Gasteiger partial charge in [-0.15, -0.1) is 0 Å². The SMILES string of the molecule is O=[N+]([O-])c1cccc(CI)c1Br. The van der Waals surface area contributed by atoms with Gasteiger partial charge in [0.05, 0.1) is 9.40 Å². The minimum atomic E-state index is -0.389. The van der Waals surface area contributed by atoms with Crippen LogP contribution in [0.15, 0.2) is 22.7 Å². The Morgan fingerprint density at radius 1 is 1.58 bits per heavy atom. The van der Waals surface area contributed by atoms with Crippen molar-refractivity contribution in [3.63, 3.8) is 0 Å². The Labute approximate surface area is 91.6 Å². The molecule has 0 N–H and O–H groups in total. The van der Waals surface area contributed by atoms with Crippen LogP contribution in [0.5, 0.6) is 0 Å². The Kier molecular flexibility index (Phi) is 3.45. The molecule has 0 atom stereocenters. The van der Waals surface area contributed by atoms with Gasteiger partial charge in [0, 0.05) is 10.5 Å². The maximum atomic E-state index is 10.5. The number of nitro groups is 1. The summed E-state index contributed by atoms with van der Waals surface area (Å²) in [6.07, 6.45) is 0. The molecule has 1 rings (SSSR count). The first-order valence-electron chi connectivity index (χ1n) is 3.14. The van der Waals surface area contributed by atoms with Crippen molar-refractivity contribution in [2.24, 2.45) is 0 Å². The molecule has 64 valence electrons. The molecular formula is C7H5BrINO2. The fourth-order valence-corrected chi connectivity index (χ4v) is 2.52. The van der Waals surface area contributed by atoms with Crippen molar-refractivity contribution >= 4 is 44.2 Å². The van der Waals surface area contributed by atoms with Crippen LogP contribution in [0.25, 0.3) is 0 Å². The number of hydrogen-bond acceptors (Lipinski definition) is 2. The molecule has 0 unspecified atom stereocenters. The first-order chi connectivity index (χ1) is 5.66. The van der Waals surface area contributed by atoms with Gasteiger partial charge in [-0.1, -0.05) is 34.7 Å². The summed E-state index contributed by atoms with van der Waals surface area (Å²) in [4.78, 5) is 10.1. The maximum absolute atomic E-state index is 10.5. The van der Waals surface area contributed by atoms with E-state index >= 15 is 0 Å². The Morgan fingerprint density at radius 2 is 2.25 bits per heavy atom. The van der Waals surface area contributed by atoms with Gasteiger partial charge < -0.3 is 0 Å². The van der Waals surface area contributed by atoms with Crippen LogP contribution in [0.4, 0.5) is 5.69 Å². The van der Waals surface area contributed by atoms with E-state index in [9.17, 15) is 10.1 Å². The van der Waals surface area contributed by atoms with Crippen LogP contribution in [0.2, 0.25) is 0 Å². The van der Waals surface area contributed by atoms with E-state index in [1.54, 1.807) is 6.07 Å². The third kappa shape index (κ3) is 1.95. The van der Waals surface area contributed by atoms with Gasteiger partial charge in [-0.25, -0.2) is 0 Å². The molecule has 0 spiro atoms. The van der Waals surface area contributed by atoms with E-state index in [1.165, 1.54) is 6.07 Å². The van der Waals surface area contributed by atoms with Crippen molar-refractivity contribution in [3.8, 4) is 0 Å². The summed E-state index contributed by atoms with van der Waals surface area (Å²) in [5.74, 6) is 0. The van der Waals surface area contributed by atoms with E-state index in [-0.39, 0.29) is 10.6 Å². The first-order valence-corrected chi connectivity index (χ1v) is 5.46. The van der Waals surface area contributed by atoms with Crippen LogP contribution >= 0.6 is 38.5 Å². The van der Waals surface area contributed by atoms with Crippen molar-refractivity contribution in [3.05, 3.63) is 38.3 Å². The highest BCUT2D eigenvalue weighted by atomic mass is 127. The summed E-state index contributed by atoms with van der Waals surface area (Å²) in [5, 5.41) is 10.5. The van der Waals surface area contributed by atoms with Crippen LogP contribution in [0.1, 0.15) is 5.56 Å². The monoisotopic (exact) mass is 341 g/mol. The molecule has 12 heavy (non-hydrogen) atoms. The second-order valence-corrected chi connectivity index (χ2v) is 3.70. The molecule has 0 saturated heterocycles. The van der Waals surface area contributed by atoms with Gasteiger partial charge in [0.25, 0.3) is 5.69 Å². The minimum absolute atomic E-state index is 0.129. The molecule has 0 fully saturated rings. The lowest BCUT2D eigenvalue weighted by atomic mass is 10.2. The van der Waals surface area contributed by atoms with Crippen molar-refractivity contribution in [1.29, 1.82) is 0 Å². The maximum Gasteiger partial charge on any atom is 0.283 e. The Hall–Kier alpha value is -0.170. The lowest BCUT2D eigenvalue weighted by Gasteiger charge is -1.99. The van der Waals surface area contributed by atoms with E-state index in [4.69, 9.17) is 0 Å². The van der Waals surface area contributed by atoms with Gasteiger partial charge >= 0.3 is 0 Å². The van der Waals surface area contributed by atoms with Crippen molar-refractivity contribution in [2.75, 3.05) is 0 Å². The van der Waals surface area contributed by atoms with Gasteiger partial charge in [-0.2, -0.15) is 0 Å². The van der Waals surface area contributed by atoms with Crippen molar-refractivity contribution in [2.45, 2.75) is 4.43 Å². The summed E-state index contributed by atoms with van der Waals surface area (Å²) in [6.45, 7) is 0. The van der Waals surface area contributed by atoms with E-state index in [0.717, 1.165) is 9.99 Å². The zero-order valence-corrected chi connectivity index (χ0v) is 9.70. The van der Waals surface area contributed by atoms with Gasteiger partial charge in [-0.3, -0.25) is 10.1 Å². The van der Waals surface area contributed by atoms with Gasteiger partial charge in [0.2, 0.25) is 0 Å². The number of nitro benzene ring substituents is 1. The fraction of sp³-hybridized carbons (Fsp3) is 0.143. The number of nitrogens with zero attached hydrogens (tertiary/aromatic N) is 1. The molecule has 3 nitrogen and oxygen atoms in total. The molecule has 0 amide bonds. The molecule has 1 aromatic rings. The highest BCUT2D eigenvalue weighted by Crippen LogP contribution is 2.29. The second kappa shape index (κ2) is 4.18. The van der Waals surface area contributed by atoms with Gasteiger partial charge in [-0.05, 0) is 21.5 Å². The molecule has 0 aliphatic heterocycles. The largest absolute Gasteiger partial charge is 0.283 e. The number of alkyl halides is 1. The van der Waals surface area contributed by atoms with E-state index in [1.807, 2.05) is 6.07 Å². The normalized spacial score (nSPS) is 9.83. The second-order valence-electron chi connectivity index (χ2n) is 2.14. The zero-order valence-electron chi connectivity index (χ0n) is 5.96. The quantitative estimate of drug-likeness (QED) is 0.358. The number of halogens is 2. The predicted molar refractivity (Wildman–Crippen MR) is 58.5 cm³/mol. The molecule has 0 radical (unpaired) electrons. The Morgan fingerprint density at radius 3 is 2.75 bits per heavy atom. The van der Waals surface area contributed by atoms with E-state index < -0.39 is 0 Å². The summed E-state index contributed by atoms with van der Waals surface area (Å²) in [7, 11) is 0.